The summed E-state index contributed by atoms with van der Waals surface area (Å²) in [4.78, 5) is 15.9. The fraction of sp³-hybridized carbons (Fsp3) is 0.323. The molecule has 5 rings (SSSR count). The molecule has 0 saturated carbocycles. The molecule has 1 fully saturated rings. The Balaban J connectivity index is 1.74. The Labute approximate surface area is 217 Å². The lowest BCUT2D eigenvalue weighted by molar-refractivity contribution is 0.102. The van der Waals surface area contributed by atoms with Gasteiger partial charge in [0.2, 0.25) is 0 Å². The molecule has 2 heterocycles. The van der Waals surface area contributed by atoms with Gasteiger partial charge in [-0.3, -0.25) is 14.3 Å². The van der Waals surface area contributed by atoms with Gasteiger partial charge in [0.25, 0.3) is 5.56 Å². The van der Waals surface area contributed by atoms with Crippen LogP contribution in [-0.2, 0) is 0 Å². The SMILES string of the molecule is Cc1cccc(Cl)c1-n1c(=O)ccc2c(-c3ccc(F)cc3)cc(C3CCN(C(C)(C)C)CC3)cc21. The van der Waals surface area contributed by atoms with E-state index in [1.807, 2.05) is 43.3 Å². The molecule has 0 amide bonds. The van der Waals surface area contributed by atoms with Crippen molar-refractivity contribution in [1.29, 1.82) is 0 Å². The first-order chi connectivity index (χ1) is 17.1. The molecule has 3 nitrogen and oxygen atoms in total. The third-order valence-electron chi connectivity index (χ3n) is 7.52. The Morgan fingerprint density at radius 2 is 1.64 bits per heavy atom. The van der Waals surface area contributed by atoms with Gasteiger partial charge < -0.3 is 0 Å². The number of pyridine rings is 1. The topological polar surface area (TPSA) is 25.2 Å². The molecule has 0 bridgehead atoms. The van der Waals surface area contributed by atoms with E-state index in [-0.39, 0.29) is 16.9 Å². The van der Waals surface area contributed by atoms with Gasteiger partial charge >= 0.3 is 0 Å². The number of halogens is 2. The molecule has 1 aliphatic heterocycles. The molecule has 0 unspecified atom stereocenters. The lowest BCUT2D eigenvalue weighted by Crippen LogP contribution is -2.45. The highest BCUT2D eigenvalue weighted by atomic mass is 35.5. The Morgan fingerprint density at radius 3 is 2.28 bits per heavy atom. The normalized spacial score (nSPS) is 15.5. The van der Waals surface area contributed by atoms with Crippen LogP contribution in [0.3, 0.4) is 0 Å². The van der Waals surface area contributed by atoms with E-state index in [0.717, 1.165) is 53.5 Å². The molecule has 1 saturated heterocycles. The van der Waals surface area contributed by atoms with Crippen molar-refractivity contribution in [3.63, 3.8) is 0 Å². The van der Waals surface area contributed by atoms with E-state index in [4.69, 9.17) is 11.6 Å². The van der Waals surface area contributed by atoms with Gasteiger partial charge in [0.15, 0.2) is 0 Å². The number of piperidine rings is 1. The minimum absolute atomic E-state index is 0.122. The van der Waals surface area contributed by atoms with E-state index >= 15 is 0 Å². The van der Waals surface area contributed by atoms with Crippen molar-refractivity contribution in [3.8, 4) is 16.8 Å². The zero-order valence-electron chi connectivity index (χ0n) is 21.3. The summed E-state index contributed by atoms with van der Waals surface area (Å²) in [5.41, 5.74) is 5.63. The highest BCUT2D eigenvalue weighted by Crippen LogP contribution is 2.38. The maximum atomic E-state index is 13.8. The number of aromatic nitrogens is 1. The predicted octanol–water partition coefficient (Wildman–Crippen LogP) is 7.74. The Hall–Kier alpha value is -2.95. The first-order valence-electron chi connectivity index (χ1n) is 12.6. The van der Waals surface area contributed by atoms with Crippen molar-refractivity contribution in [2.75, 3.05) is 13.1 Å². The van der Waals surface area contributed by atoms with Gasteiger partial charge in [0.1, 0.15) is 5.82 Å². The maximum Gasteiger partial charge on any atom is 0.255 e. The van der Waals surface area contributed by atoms with Crippen molar-refractivity contribution >= 4 is 22.5 Å². The molecule has 5 heteroatoms. The monoisotopic (exact) mass is 502 g/mol. The van der Waals surface area contributed by atoms with Gasteiger partial charge in [-0.15, -0.1) is 0 Å². The molecule has 36 heavy (non-hydrogen) atoms. The summed E-state index contributed by atoms with van der Waals surface area (Å²) >= 11 is 6.65. The molecule has 0 aliphatic carbocycles. The van der Waals surface area contributed by atoms with E-state index in [1.54, 1.807) is 10.6 Å². The molecule has 0 N–H and O–H groups in total. The van der Waals surface area contributed by atoms with E-state index in [9.17, 15) is 9.18 Å². The highest BCUT2D eigenvalue weighted by molar-refractivity contribution is 6.32. The number of rotatable bonds is 3. The van der Waals surface area contributed by atoms with Crippen LogP contribution in [0.25, 0.3) is 27.7 Å². The molecule has 0 spiro atoms. The molecular weight excluding hydrogens is 471 g/mol. The average molecular weight is 503 g/mol. The van der Waals surface area contributed by atoms with Crippen molar-refractivity contribution in [3.05, 3.63) is 99.1 Å². The summed E-state index contributed by atoms with van der Waals surface area (Å²) in [6.07, 6.45) is 2.10. The number of benzene rings is 3. The summed E-state index contributed by atoms with van der Waals surface area (Å²) < 4.78 is 15.5. The molecule has 1 aromatic heterocycles. The van der Waals surface area contributed by atoms with Crippen molar-refractivity contribution < 1.29 is 4.39 Å². The first-order valence-corrected chi connectivity index (χ1v) is 13.0. The summed E-state index contributed by atoms with van der Waals surface area (Å²) in [5.74, 6) is 0.112. The lowest BCUT2D eigenvalue weighted by Gasteiger charge is -2.41. The number of nitrogens with zero attached hydrogens (tertiary/aromatic N) is 2. The smallest absolute Gasteiger partial charge is 0.255 e. The van der Waals surface area contributed by atoms with Crippen LogP contribution in [0, 0.1) is 12.7 Å². The Bertz CT molecular complexity index is 1460. The van der Waals surface area contributed by atoms with E-state index < -0.39 is 0 Å². The van der Waals surface area contributed by atoms with E-state index in [2.05, 4.69) is 37.8 Å². The molecule has 0 atom stereocenters. The minimum Gasteiger partial charge on any atom is -0.298 e. The van der Waals surface area contributed by atoms with Crippen LogP contribution in [-0.4, -0.2) is 28.1 Å². The second-order valence-electron chi connectivity index (χ2n) is 10.9. The van der Waals surface area contributed by atoms with Crippen molar-refractivity contribution in [1.82, 2.24) is 9.47 Å². The van der Waals surface area contributed by atoms with Crippen LogP contribution in [0.15, 0.2) is 71.5 Å². The van der Waals surface area contributed by atoms with E-state index in [0.29, 0.717) is 16.6 Å². The number of hydrogen-bond donors (Lipinski definition) is 0. The standard InChI is InChI=1S/C31H32ClFN2O/c1-20-6-5-7-27(32)30(20)35-28-19-23(21-14-16-34(17-15-21)31(2,3)4)18-26(25(28)12-13-29(35)36)22-8-10-24(33)11-9-22/h5-13,18-19,21H,14-17H2,1-4H3. The second-order valence-corrected chi connectivity index (χ2v) is 11.3. The summed E-state index contributed by atoms with van der Waals surface area (Å²) in [7, 11) is 0. The predicted molar refractivity (Wildman–Crippen MR) is 148 cm³/mol. The van der Waals surface area contributed by atoms with E-state index in [1.165, 1.54) is 17.7 Å². The summed E-state index contributed by atoms with van der Waals surface area (Å²) in [6.45, 7) is 10.8. The zero-order chi connectivity index (χ0) is 25.6. The fourth-order valence-electron chi connectivity index (χ4n) is 5.49. The molecule has 3 aromatic carbocycles. The summed E-state index contributed by atoms with van der Waals surface area (Å²) in [6, 6.07) is 20.2. The fourth-order valence-corrected chi connectivity index (χ4v) is 5.80. The maximum absolute atomic E-state index is 13.8. The highest BCUT2D eigenvalue weighted by Gasteiger charge is 2.28. The number of fused-ring (bicyclic) bond motifs is 1. The summed E-state index contributed by atoms with van der Waals surface area (Å²) in [5, 5.41) is 1.48. The quantitative estimate of drug-likeness (QED) is 0.286. The minimum atomic E-state index is -0.266. The number of para-hydroxylation sites is 1. The third-order valence-corrected chi connectivity index (χ3v) is 7.82. The van der Waals surface area contributed by atoms with Gasteiger partial charge in [-0.25, -0.2) is 4.39 Å². The van der Waals surface area contributed by atoms with Crippen LogP contribution >= 0.6 is 11.6 Å². The van der Waals surface area contributed by atoms with Crippen LogP contribution in [0.2, 0.25) is 5.02 Å². The van der Waals surface area contributed by atoms with Crippen LogP contribution in [0.5, 0.6) is 0 Å². The molecular formula is C31H32ClFN2O. The van der Waals surface area contributed by atoms with Gasteiger partial charge in [-0.2, -0.15) is 0 Å². The molecule has 1 aliphatic rings. The lowest BCUT2D eigenvalue weighted by atomic mass is 9.85. The van der Waals surface area contributed by atoms with Crippen molar-refractivity contribution in [2.24, 2.45) is 0 Å². The van der Waals surface area contributed by atoms with Crippen LogP contribution < -0.4 is 5.56 Å². The van der Waals surface area contributed by atoms with Crippen molar-refractivity contribution in [2.45, 2.75) is 52.0 Å². The third kappa shape index (κ3) is 4.60. The molecule has 0 radical (unpaired) electrons. The van der Waals surface area contributed by atoms with Gasteiger partial charge in [-0.1, -0.05) is 41.9 Å². The molecule has 4 aromatic rings. The zero-order valence-corrected chi connectivity index (χ0v) is 22.1. The first kappa shape index (κ1) is 24.7. The Kier molecular flexibility index (Phi) is 6.52. The van der Waals surface area contributed by atoms with Gasteiger partial charge in [0, 0.05) is 17.0 Å². The van der Waals surface area contributed by atoms with Gasteiger partial charge in [-0.05, 0) is 112 Å². The molecule has 186 valence electrons. The number of aryl methyl sites for hydroxylation is 1. The van der Waals surface area contributed by atoms with Crippen LogP contribution in [0.1, 0.15) is 50.7 Å². The second kappa shape index (κ2) is 9.49. The van der Waals surface area contributed by atoms with Gasteiger partial charge in [0.05, 0.1) is 16.2 Å². The van der Waals surface area contributed by atoms with Crippen LogP contribution in [0.4, 0.5) is 4.39 Å². The average Bonchev–Trinajstić information content (AvgIpc) is 2.84. The Morgan fingerprint density at radius 1 is 0.944 bits per heavy atom. The number of likely N-dealkylation sites (tertiary alicyclic amines) is 1. The number of hydrogen-bond acceptors (Lipinski definition) is 2. The largest absolute Gasteiger partial charge is 0.298 e.